The highest BCUT2D eigenvalue weighted by molar-refractivity contribution is 6.31. The number of halogens is 1. The predicted molar refractivity (Wildman–Crippen MR) is 77.7 cm³/mol. The fourth-order valence-electron chi connectivity index (χ4n) is 2.48. The van der Waals surface area contributed by atoms with Gasteiger partial charge in [-0.1, -0.05) is 17.7 Å². The Morgan fingerprint density at radius 2 is 1.95 bits per heavy atom. The first-order chi connectivity index (χ1) is 10.5. The number of aliphatic hydroxyl groups is 4. The van der Waals surface area contributed by atoms with E-state index in [0.717, 1.165) is 10.9 Å². The van der Waals surface area contributed by atoms with Crippen LogP contribution in [-0.4, -0.2) is 62.7 Å². The molecule has 1 aliphatic rings. The monoisotopic (exact) mass is 329 g/mol. The van der Waals surface area contributed by atoms with E-state index in [1.807, 2.05) is 0 Å². The highest BCUT2D eigenvalue weighted by Crippen LogP contribution is 2.27. The van der Waals surface area contributed by atoms with Crippen LogP contribution >= 0.6 is 11.6 Å². The third-order valence-corrected chi connectivity index (χ3v) is 3.90. The molecule has 1 aromatic heterocycles. The molecular weight excluding hydrogens is 314 g/mol. The molecule has 8 heteroatoms. The lowest BCUT2D eigenvalue weighted by molar-refractivity contribution is -0.280. The minimum Gasteiger partial charge on any atom is -0.467 e. The first kappa shape index (κ1) is 15.5. The molecule has 3 rings (SSSR count). The molecule has 5 atom stereocenters. The summed E-state index contributed by atoms with van der Waals surface area (Å²) in [4.78, 5) is 2.95. The highest BCUT2D eigenvalue weighted by Gasteiger charge is 2.45. The smallest absolute Gasteiger partial charge is 0.195 e. The molecule has 22 heavy (non-hydrogen) atoms. The van der Waals surface area contributed by atoms with Gasteiger partial charge in [0.2, 0.25) is 0 Å². The SMILES string of the molecule is OC[C@H]1OC(O)[C@H](Oc2cc3ccc(Cl)cc3[nH]2)[C@@H](O)[C@@H]1O. The topological polar surface area (TPSA) is 115 Å². The summed E-state index contributed by atoms with van der Waals surface area (Å²) >= 11 is 5.90. The van der Waals surface area contributed by atoms with E-state index in [1.165, 1.54) is 0 Å². The third-order valence-electron chi connectivity index (χ3n) is 3.67. The number of aromatic amines is 1. The third kappa shape index (κ3) is 2.79. The molecular formula is C14H16ClNO6. The highest BCUT2D eigenvalue weighted by atomic mass is 35.5. The first-order valence-corrected chi connectivity index (χ1v) is 7.13. The van der Waals surface area contributed by atoms with Crippen LogP contribution in [0.5, 0.6) is 5.88 Å². The van der Waals surface area contributed by atoms with Crippen LogP contribution in [0.15, 0.2) is 24.3 Å². The van der Waals surface area contributed by atoms with Crippen molar-refractivity contribution in [3.63, 3.8) is 0 Å². The maximum atomic E-state index is 10.0. The molecule has 5 N–H and O–H groups in total. The van der Waals surface area contributed by atoms with Crippen LogP contribution in [0.1, 0.15) is 0 Å². The number of rotatable bonds is 3. The normalized spacial score (nSPS) is 32.3. The van der Waals surface area contributed by atoms with Crippen molar-refractivity contribution >= 4 is 22.5 Å². The zero-order chi connectivity index (χ0) is 15.9. The molecule has 0 amide bonds. The second-order valence-electron chi connectivity index (χ2n) is 5.18. The molecule has 1 fully saturated rings. The predicted octanol–water partition coefficient (Wildman–Crippen LogP) is -0.000000000000000278. The van der Waals surface area contributed by atoms with Gasteiger partial charge in [-0.25, -0.2) is 0 Å². The fraction of sp³-hybridized carbons (Fsp3) is 0.429. The molecule has 2 aromatic rings. The van der Waals surface area contributed by atoms with Gasteiger partial charge in [-0.05, 0) is 12.1 Å². The number of aliphatic hydroxyl groups excluding tert-OH is 4. The van der Waals surface area contributed by atoms with Crippen LogP contribution in [-0.2, 0) is 4.74 Å². The molecule has 0 saturated carbocycles. The van der Waals surface area contributed by atoms with Crippen LogP contribution in [0.2, 0.25) is 5.02 Å². The Bertz CT molecular complexity index is 662. The van der Waals surface area contributed by atoms with Crippen molar-refractivity contribution in [2.45, 2.75) is 30.7 Å². The molecule has 1 saturated heterocycles. The van der Waals surface area contributed by atoms with E-state index < -0.39 is 37.3 Å². The maximum absolute atomic E-state index is 10.0. The van der Waals surface area contributed by atoms with E-state index >= 15 is 0 Å². The Hall–Kier alpha value is -1.35. The molecule has 7 nitrogen and oxygen atoms in total. The van der Waals surface area contributed by atoms with Crippen LogP contribution in [0, 0.1) is 0 Å². The van der Waals surface area contributed by atoms with Gasteiger partial charge in [0, 0.05) is 22.0 Å². The Balaban J connectivity index is 1.81. The number of ether oxygens (including phenoxy) is 2. The fourth-order valence-corrected chi connectivity index (χ4v) is 2.65. The maximum Gasteiger partial charge on any atom is 0.195 e. The van der Waals surface area contributed by atoms with Crippen LogP contribution in [0.4, 0.5) is 0 Å². The van der Waals surface area contributed by atoms with Crippen molar-refractivity contribution < 1.29 is 29.9 Å². The second kappa shape index (κ2) is 6.04. The van der Waals surface area contributed by atoms with Gasteiger partial charge < -0.3 is 34.9 Å². The zero-order valence-electron chi connectivity index (χ0n) is 11.4. The molecule has 1 aliphatic heterocycles. The van der Waals surface area contributed by atoms with Crippen LogP contribution in [0.3, 0.4) is 0 Å². The van der Waals surface area contributed by atoms with Crippen molar-refractivity contribution in [3.8, 4) is 5.88 Å². The average molecular weight is 330 g/mol. The summed E-state index contributed by atoms with van der Waals surface area (Å²) in [5, 5.41) is 40.2. The molecule has 120 valence electrons. The Morgan fingerprint density at radius 1 is 1.18 bits per heavy atom. The minimum absolute atomic E-state index is 0.290. The molecule has 0 spiro atoms. The molecule has 0 aliphatic carbocycles. The summed E-state index contributed by atoms with van der Waals surface area (Å²) in [6.45, 7) is -0.521. The summed E-state index contributed by atoms with van der Waals surface area (Å²) in [6, 6.07) is 6.91. The van der Waals surface area contributed by atoms with Crippen molar-refractivity contribution in [1.82, 2.24) is 4.98 Å². The van der Waals surface area contributed by atoms with E-state index in [0.29, 0.717) is 10.9 Å². The lowest BCUT2D eigenvalue weighted by Crippen LogP contribution is -2.60. The summed E-state index contributed by atoms with van der Waals surface area (Å²) in [5.74, 6) is 0.290. The van der Waals surface area contributed by atoms with E-state index in [9.17, 15) is 15.3 Å². The quantitative estimate of drug-likeness (QED) is 0.541. The van der Waals surface area contributed by atoms with Gasteiger partial charge in [-0.2, -0.15) is 0 Å². The molecule has 1 aromatic carbocycles. The van der Waals surface area contributed by atoms with Crippen molar-refractivity contribution in [1.29, 1.82) is 0 Å². The van der Waals surface area contributed by atoms with E-state index in [1.54, 1.807) is 24.3 Å². The van der Waals surface area contributed by atoms with Gasteiger partial charge in [-0.15, -0.1) is 0 Å². The van der Waals surface area contributed by atoms with Crippen LogP contribution in [0.25, 0.3) is 10.9 Å². The molecule has 1 unspecified atom stereocenters. The molecule has 0 radical (unpaired) electrons. The van der Waals surface area contributed by atoms with Gasteiger partial charge in [-0.3, -0.25) is 0 Å². The van der Waals surface area contributed by atoms with Gasteiger partial charge in [0.15, 0.2) is 18.3 Å². The molecule has 0 bridgehead atoms. The number of hydrogen-bond donors (Lipinski definition) is 5. The lowest BCUT2D eigenvalue weighted by Gasteiger charge is -2.39. The average Bonchev–Trinajstić information content (AvgIpc) is 2.89. The first-order valence-electron chi connectivity index (χ1n) is 6.75. The Kier molecular flexibility index (Phi) is 4.26. The second-order valence-corrected chi connectivity index (χ2v) is 5.61. The number of aromatic nitrogens is 1. The van der Waals surface area contributed by atoms with Gasteiger partial charge in [0.25, 0.3) is 0 Å². The van der Waals surface area contributed by atoms with E-state index in [2.05, 4.69) is 4.98 Å². The van der Waals surface area contributed by atoms with Gasteiger partial charge in [0.05, 0.1) is 6.61 Å². The van der Waals surface area contributed by atoms with Crippen LogP contribution < -0.4 is 4.74 Å². The van der Waals surface area contributed by atoms with Crippen molar-refractivity contribution in [3.05, 3.63) is 29.3 Å². The summed E-state index contributed by atoms with van der Waals surface area (Å²) in [6.07, 6.45) is -6.51. The lowest BCUT2D eigenvalue weighted by atomic mass is 9.99. The van der Waals surface area contributed by atoms with Crippen molar-refractivity contribution in [2.75, 3.05) is 6.61 Å². The summed E-state index contributed by atoms with van der Waals surface area (Å²) in [7, 11) is 0. The van der Waals surface area contributed by atoms with E-state index in [4.69, 9.17) is 26.2 Å². The summed E-state index contributed by atoms with van der Waals surface area (Å²) < 4.78 is 10.5. The van der Waals surface area contributed by atoms with Crippen molar-refractivity contribution in [2.24, 2.45) is 0 Å². The van der Waals surface area contributed by atoms with Gasteiger partial charge in [0.1, 0.15) is 18.3 Å². The standard InChI is InChI=1S/C14H16ClNO6/c15-7-2-1-6-3-10(16-8(6)4-7)22-13-12(19)11(18)9(5-17)21-14(13)20/h1-4,9,11-14,16-20H,5H2/t9-,11-,12+,13-,14?/m1/s1. The minimum atomic E-state index is -1.48. The number of benzene rings is 1. The largest absolute Gasteiger partial charge is 0.467 e. The van der Waals surface area contributed by atoms with E-state index in [-0.39, 0.29) is 0 Å². The summed E-state index contributed by atoms with van der Waals surface area (Å²) in [5.41, 5.74) is 0.733. The van der Waals surface area contributed by atoms with Gasteiger partial charge >= 0.3 is 0 Å². The number of H-pyrrole nitrogens is 1. The Morgan fingerprint density at radius 3 is 2.68 bits per heavy atom. The number of hydrogen-bond acceptors (Lipinski definition) is 6. The number of fused-ring (bicyclic) bond motifs is 1. The molecule has 2 heterocycles. The number of nitrogens with one attached hydrogen (secondary N) is 1. The Labute approximate surface area is 130 Å². The zero-order valence-corrected chi connectivity index (χ0v) is 12.1.